The molecule has 1 amide bonds. The SMILES string of the molecule is CCOc1ccccc1N1CCN(C(=O)CCc2nc(-c3ccccc3)no2)CC1. The van der Waals surface area contributed by atoms with Crippen LogP contribution in [0.2, 0.25) is 0 Å². The molecular formula is C23H26N4O3. The molecule has 0 bridgehead atoms. The third-order valence-electron chi connectivity index (χ3n) is 5.19. The molecule has 156 valence electrons. The summed E-state index contributed by atoms with van der Waals surface area (Å²) in [5.74, 6) is 2.06. The Kier molecular flexibility index (Phi) is 6.27. The number of benzene rings is 2. The highest BCUT2D eigenvalue weighted by Crippen LogP contribution is 2.29. The second-order valence-corrected chi connectivity index (χ2v) is 7.15. The van der Waals surface area contributed by atoms with Crippen LogP contribution in [0.15, 0.2) is 59.1 Å². The highest BCUT2D eigenvalue weighted by atomic mass is 16.5. The summed E-state index contributed by atoms with van der Waals surface area (Å²) in [6, 6.07) is 17.7. The first-order chi connectivity index (χ1) is 14.7. The first-order valence-electron chi connectivity index (χ1n) is 10.4. The fraction of sp³-hybridized carbons (Fsp3) is 0.348. The molecule has 1 saturated heterocycles. The lowest BCUT2D eigenvalue weighted by Gasteiger charge is -2.36. The smallest absolute Gasteiger partial charge is 0.227 e. The third-order valence-corrected chi connectivity index (χ3v) is 5.19. The van der Waals surface area contributed by atoms with Gasteiger partial charge in [0.2, 0.25) is 17.6 Å². The summed E-state index contributed by atoms with van der Waals surface area (Å²) in [7, 11) is 0. The minimum atomic E-state index is 0.118. The molecule has 3 aromatic rings. The summed E-state index contributed by atoms with van der Waals surface area (Å²) < 4.78 is 11.1. The molecule has 1 fully saturated rings. The second kappa shape index (κ2) is 9.43. The standard InChI is InChI=1S/C23H26N4O3/c1-2-29-20-11-7-6-10-19(20)26-14-16-27(17-15-26)22(28)13-12-21-24-23(25-30-21)18-8-4-3-5-9-18/h3-11H,2,12-17H2,1H3. The number of nitrogens with zero attached hydrogens (tertiary/aromatic N) is 4. The van der Waals surface area contributed by atoms with Gasteiger partial charge in [-0.25, -0.2) is 0 Å². The van der Waals surface area contributed by atoms with Crippen molar-refractivity contribution in [3.63, 3.8) is 0 Å². The van der Waals surface area contributed by atoms with Crippen LogP contribution in [0.4, 0.5) is 5.69 Å². The molecule has 7 nitrogen and oxygen atoms in total. The number of carbonyl (C=O) groups is 1. The molecule has 30 heavy (non-hydrogen) atoms. The summed E-state index contributed by atoms with van der Waals surface area (Å²) >= 11 is 0. The van der Waals surface area contributed by atoms with E-state index in [2.05, 4.69) is 21.1 Å². The topological polar surface area (TPSA) is 71.7 Å². The van der Waals surface area contributed by atoms with E-state index in [0.29, 0.717) is 44.3 Å². The van der Waals surface area contributed by atoms with Crippen molar-refractivity contribution in [2.45, 2.75) is 19.8 Å². The van der Waals surface area contributed by atoms with Crippen molar-refractivity contribution in [1.82, 2.24) is 15.0 Å². The quantitative estimate of drug-likeness (QED) is 0.599. The van der Waals surface area contributed by atoms with Gasteiger partial charge in [0.25, 0.3) is 0 Å². The Labute approximate surface area is 176 Å². The van der Waals surface area contributed by atoms with E-state index in [-0.39, 0.29) is 5.91 Å². The fourth-order valence-electron chi connectivity index (χ4n) is 3.63. The largest absolute Gasteiger partial charge is 0.492 e. The van der Waals surface area contributed by atoms with Gasteiger partial charge in [-0.05, 0) is 19.1 Å². The predicted molar refractivity (Wildman–Crippen MR) is 114 cm³/mol. The van der Waals surface area contributed by atoms with E-state index in [0.717, 1.165) is 30.1 Å². The van der Waals surface area contributed by atoms with Crippen LogP contribution in [0.25, 0.3) is 11.4 Å². The molecule has 1 aliphatic heterocycles. The van der Waals surface area contributed by atoms with Crippen LogP contribution in [-0.2, 0) is 11.2 Å². The molecule has 2 aromatic carbocycles. The van der Waals surface area contributed by atoms with E-state index in [1.54, 1.807) is 0 Å². The van der Waals surface area contributed by atoms with Crippen molar-refractivity contribution in [2.75, 3.05) is 37.7 Å². The van der Waals surface area contributed by atoms with Gasteiger partial charge < -0.3 is 19.1 Å². The number of amides is 1. The molecule has 2 heterocycles. The third kappa shape index (κ3) is 4.62. The molecule has 0 unspecified atom stereocenters. The Hall–Kier alpha value is -3.35. The van der Waals surface area contributed by atoms with E-state index in [9.17, 15) is 4.79 Å². The summed E-state index contributed by atoms with van der Waals surface area (Å²) in [4.78, 5) is 21.2. The lowest BCUT2D eigenvalue weighted by Crippen LogP contribution is -2.49. The number of aromatic nitrogens is 2. The first kappa shape index (κ1) is 19.9. The van der Waals surface area contributed by atoms with Crippen molar-refractivity contribution >= 4 is 11.6 Å². The van der Waals surface area contributed by atoms with Gasteiger partial charge in [-0.3, -0.25) is 4.79 Å². The van der Waals surface area contributed by atoms with Crippen LogP contribution in [0.1, 0.15) is 19.2 Å². The van der Waals surface area contributed by atoms with Gasteiger partial charge >= 0.3 is 0 Å². The summed E-state index contributed by atoms with van der Waals surface area (Å²) in [5.41, 5.74) is 1.99. The highest BCUT2D eigenvalue weighted by Gasteiger charge is 2.23. The minimum absolute atomic E-state index is 0.118. The maximum absolute atomic E-state index is 12.7. The molecule has 1 aliphatic rings. The number of carbonyl (C=O) groups excluding carboxylic acids is 1. The van der Waals surface area contributed by atoms with Crippen molar-refractivity contribution < 1.29 is 14.1 Å². The number of para-hydroxylation sites is 2. The molecule has 0 atom stereocenters. The molecule has 0 spiro atoms. The number of rotatable bonds is 7. The van der Waals surface area contributed by atoms with E-state index in [1.807, 2.05) is 60.4 Å². The normalized spacial score (nSPS) is 14.0. The van der Waals surface area contributed by atoms with Gasteiger partial charge in [-0.15, -0.1) is 0 Å². The van der Waals surface area contributed by atoms with Gasteiger partial charge in [0.05, 0.1) is 12.3 Å². The van der Waals surface area contributed by atoms with Gasteiger partial charge in [0.15, 0.2) is 0 Å². The molecule has 7 heteroatoms. The number of anilines is 1. The molecule has 0 saturated carbocycles. The number of hydrogen-bond acceptors (Lipinski definition) is 6. The summed E-state index contributed by atoms with van der Waals surface area (Å²) in [6.07, 6.45) is 0.817. The van der Waals surface area contributed by atoms with Crippen molar-refractivity contribution in [3.8, 4) is 17.1 Å². The van der Waals surface area contributed by atoms with E-state index in [1.165, 1.54) is 0 Å². The van der Waals surface area contributed by atoms with E-state index < -0.39 is 0 Å². The lowest BCUT2D eigenvalue weighted by molar-refractivity contribution is -0.131. The van der Waals surface area contributed by atoms with Crippen molar-refractivity contribution in [3.05, 3.63) is 60.5 Å². The Morgan fingerprint density at radius 2 is 1.77 bits per heavy atom. The maximum Gasteiger partial charge on any atom is 0.227 e. The number of aryl methyl sites for hydroxylation is 1. The maximum atomic E-state index is 12.7. The van der Waals surface area contributed by atoms with Crippen LogP contribution in [0, 0.1) is 0 Å². The molecule has 0 aliphatic carbocycles. The van der Waals surface area contributed by atoms with E-state index >= 15 is 0 Å². The van der Waals surface area contributed by atoms with Crippen LogP contribution < -0.4 is 9.64 Å². The molecular weight excluding hydrogens is 380 g/mol. The Morgan fingerprint density at radius 1 is 1.03 bits per heavy atom. The Balaban J connectivity index is 1.29. The molecule has 1 aromatic heterocycles. The average Bonchev–Trinajstić information content (AvgIpc) is 3.28. The zero-order valence-electron chi connectivity index (χ0n) is 17.2. The molecule has 0 radical (unpaired) electrons. The first-order valence-corrected chi connectivity index (χ1v) is 10.4. The summed E-state index contributed by atoms with van der Waals surface area (Å²) in [5, 5.41) is 4.01. The Morgan fingerprint density at radius 3 is 2.53 bits per heavy atom. The summed E-state index contributed by atoms with van der Waals surface area (Å²) in [6.45, 7) is 5.58. The zero-order chi connectivity index (χ0) is 20.8. The van der Waals surface area contributed by atoms with Crippen molar-refractivity contribution in [1.29, 1.82) is 0 Å². The minimum Gasteiger partial charge on any atom is -0.492 e. The fourth-order valence-corrected chi connectivity index (χ4v) is 3.63. The highest BCUT2D eigenvalue weighted by molar-refractivity contribution is 5.76. The average molecular weight is 406 g/mol. The van der Waals surface area contributed by atoms with Crippen LogP contribution >= 0.6 is 0 Å². The van der Waals surface area contributed by atoms with Crippen LogP contribution in [0.3, 0.4) is 0 Å². The number of piperazine rings is 1. The van der Waals surface area contributed by atoms with Crippen LogP contribution in [0.5, 0.6) is 5.75 Å². The van der Waals surface area contributed by atoms with Gasteiger partial charge in [-0.1, -0.05) is 47.6 Å². The predicted octanol–water partition coefficient (Wildman–Crippen LogP) is 3.42. The van der Waals surface area contributed by atoms with Crippen LogP contribution in [-0.4, -0.2) is 53.7 Å². The van der Waals surface area contributed by atoms with Crippen molar-refractivity contribution in [2.24, 2.45) is 0 Å². The second-order valence-electron chi connectivity index (χ2n) is 7.15. The lowest BCUT2D eigenvalue weighted by atomic mass is 10.2. The van der Waals surface area contributed by atoms with Gasteiger partial charge in [-0.2, -0.15) is 4.98 Å². The van der Waals surface area contributed by atoms with E-state index in [4.69, 9.17) is 9.26 Å². The monoisotopic (exact) mass is 406 g/mol. The molecule has 4 rings (SSSR count). The zero-order valence-corrected chi connectivity index (χ0v) is 17.2. The number of ether oxygens (including phenoxy) is 1. The Bertz CT molecular complexity index is 965. The molecule has 0 N–H and O–H groups in total. The van der Waals surface area contributed by atoms with Gasteiger partial charge in [0, 0.05) is 44.6 Å². The van der Waals surface area contributed by atoms with Gasteiger partial charge in [0.1, 0.15) is 5.75 Å². The number of hydrogen-bond donors (Lipinski definition) is 0.